The van der Waals surface area contributed by atoms with Crippen LogP contribution >= 0.6 is 0 Å². The van der Waals surface area contributed by atoms with Crippen LogP contribution in [0.5, 0.6) is 0 Å². The minimum absolute atomic E-state index is 0.174. The number of rotatable bonds is 5. The van der Waals surface area contributed by atoms with E-state index in [9.17, 15) is 4.79 Å². The average molecular weight is 315 g/mol. The van der Waals surface area contributed by atoms with Crippen LogP contribution < -0.4 is 10.6 Å². The number of aromatic nitrogens is 3. The second-order valence-corrected chi connectivity index (χ2v) is 5.85. The first-order valence-corrected chi connectivity index (χ1v) is 7.68. The number of aryl methyl sites for hydroxylation is 1. The van der Waals surface area contributed by atoms with Gasteiger partial charge in [0.1, 0.15) is 0 Å². The van der Waals surface area contributed by atoms with Gasteiger partial charge in [-0.15, -0.1) is 5.10 Å². The minimum Gasteiger partial charge on any atom is -0.382 e. The summed E-state index contributed by atoms with van der Waals surface area (Å²) in [5, 5.41) is 10.4. The van der Waals surface area contributed by atoms with Crippen LogP contribution in [0.25, 0.3) is 0 Å². The fourth-order valence-electron chi connectivity index (χ4n) is 2.75. The largest absolute Gasteiger partial charge is 0.382 e. The van der Waals surface area contributed by atoms with Gasteiger partial charge in [0.15, 0.2) is 0 Å². The number of nitrogens with one attached hydrogen (secondary N) is 2. The van der Waals surface area contributed by atoms with Gasteiger partial charge >= 0.3 is 0 Å². The van der Waals surface area contributed by atoms with Crippen molar-refractivity contribution in [3.05, 3.63) is 41.7 Å². The summed E-state index contributed by atoms with van der Waals surface area (Å²) in [6.45, 7) is 3.91. The molecule has 1 aromatic carbocycles. The van der Waals surface area contributed by atoms with Crippen LogP contribution in [0.1, 0.15) is 29.5 Å². The zero-order valence-corrected chi connectivity index (χ0v) is 13.4. The molecule has 1 atom stereocenters. The fourth-order valence-corrected chi connectivity index (χ4v) is 2.75. The summed E-state index contributed by atoms with van der Waals surface area (Å²) in [5.74, 6) is 0.513. The van der Waals surface area contributed by atoms with Gasteiger partial charge in [0.2, 0.25) is 11.8 Å². The van der Waals surface area contributed by atoms with E-state index in [2.05, 4.69) is 20.7 Å². The Bertz CT molecular complexity index is 662. The summed E-state index contributed by atoms with van der Waals surface area (Å²) in [6, 6.07) is 9.74. The number of methoxy groups -OCH3 is 1. The number of carbonyl (C=O) groups is 1. The first kappa shape index (κ1) is 15.5. The maximum Gasteiger partial charge on any atom is 0.291 e. The molecule has 2 aromatic rings. The highest BCUT2D eigenvalue weighted by Gasteiger charge is 2.31. The Morgan fingerprint density at radius 1 is 1.43 bits per heavy atom. The summed E-state index contributed by atoms with van der Waals surface area (Å²) >= 11 is 0. The Hall–Kier alpha value is -2.41. The molecule has 0 spiro atoms. The molecule has 1 aliphatic heterocycles. The van der Waals surface area contributed by atoms with Gasteiger partial charge < -0.3 is 15.4 Å². The van der Waals surface area contributed by atoms with Crippen molar-refractivity contribution in [3.8, 4) is 0 Å². The molecule has 0 aliphatic carbocycles. The number of anilines is 1. The lowest BCUT2D eigenvalue weighted by Gasteiger charge is -2.30. The fraction of sp³-hybridized carbons (Fsp3) is 0.438. The molecule has 23 heavy (non-hydrogen) atoms. The molecular weight excluding hydrogens is 294 g/mol. The quantitative estimate of drug-likeness (QED) is 0.871. The van der Waals surface area contributed by atoms with Crippen LogP contribution in [0.2, 0.25) is 0 Å². The highest BCUT2D eigenvalue weighted by molar-refractivity contribution is 5.91. The van der Waals surface area contributed by atoms with Gasteiger partial charge in [0, 0.05) is 20.2 Å². The number of ether oxygens (including phenoxy) is 1. The van der Waals surface area contributed by atoms with Crippen LogP contribution in [-0.4, -0.2) is 40.9 Å². The Morgan fingerprint density at radius 3 is 2.91 bits per heavy atom. The molecule has 1 aromatic heterocycles. The van der Waals surface area contributed by atoms with E-state index >= 15 is 0 Å². The molecule has 0 radical (unpaired) electrons. The topological polar surface area (TPSA) is 81.1 Å². The summed E-state index contributed by atoms with van der Waals surface area (Å²) in [5.41, 5.74) is 0.323. The van der Waals surface area contributed by atoms with Crippen molar-refractivity contribution in [1.82, 2.24) is 20.1 Å². The zero-order valence-electron chi connectivity index (χ0n) is 13.4. The molecule has 0 fully saturated rings. The van der Waals surface area contributed by atoms with E-state index in [0.29, 0.717) is 12.6 Å². The molecule has 0 bridgehead atoms. The van der Waals surface area contributed by atoms with Gasteiger partial charge in [-0.1, -0.05) is 30.3 Å². The van der Waals surface area contributed by atoms with Crippen molar-refractivity contribution < 1.29 is 9.53 Å². The van der Waals surface area contributed by atoms with Crippen LogP contribution in [0, 0.1) is 0 Å². The normalized spacial score (nSPS) is 16.1. The van der Waals surface area contributed by atoms with Gasteiger partial charge in [0.05, 0.1) is 12.1 Å². The third-order valence-corrected chi connectivity index (χ3v) is 3.94. The Kier molecular flexibility index (Phi) is 4.29. The number of hydrogen-bond acceptors (Lipinski definition) is 5. The van der Waals surface area contributed by atoms with E-state index in [1.54, 1.807) is 11.8 Å². The van der Waals surface area contributed by atoms with Crippen LogP contribution in [-0.2, 0) is 16.8 Å². The predicted octanol–water partition coefficient (Wildman–Crippen LogP) is 1.39. The number of hydrogen-bond donors (Lipinski definition) is 2. The summed E-state index contributed by atoms with van der Waals surface area (Å²) in [6.07, 6.45) is 0.975. The zero-order chi connectivity index (χ0) is 16.3. The van der Waals surface area contributed by atoms with Crippen LogP contribution in [0.4, 0.5) is 5.95 Å². The molecule has 7 heteroatoms. The molecule has 3 rings (SSSR count). The Morgan fingerprint density at radius 2 is 2.22 bits per heavy atom. The van der Waals surface area contributed by atoms with Crippen molar-refractivity contribution in [2.75, 3.05) is 25.6 Å². The van der Waals surface area contributed by atoms with Crippen molar-refractivity contribution in [2.45, 2.75) is 25.4 Å². The minimum atomic E-state index is -0.647. The lowest BCUT2D eigenvalue weighted by atomic mass is 9.93. The van der Waals surface area contributed by atoms with E-state index in [0.717, 1.165) is 25.1 Å². The Labute approximate surface area is 135 Å². The molecule has 0 saturated heterocycles. The van der Waals surface area contributed by atoms with Crippen molar-refractivity contribution in [3.63, 3.8) is 0 Å². The number of nitrogens with zero attached hydrogens (tertiary/aromatic N) is 3. The van der Waals surface area contributed by atoms with E-state index in [-0.39, 0.29) is 11.7 Å². The average Bonchev–Trinajstić information content (AvgIpc) is 3.00. The number of carbonyl (C=O) groups excluding carboxylic acids is 1. The number of benzene rings is 1. The molecule has 122 valence electrons. The molecular formula is C16H21N5O2. The van der Waals surface area contributed by atoms with Crippen LogP contribution in [0.3, 0.4) is 0 Å². The van der Waals surface area contributed by atoms with E-state index < -0.39 is 5.54 Å². The Balaban J connectivity index is 1.82. The lowest BCUT2D eigenvalue weighted by molar-refractivity contribution is 0.0776. The standard InChI is InChI=1S/C16H21N5O2/c1-16(11-23-2,12-7-4-3-5-8-12)19-14(22)13-18-15-17-9-6-10-21(15)20-13/h3-5,7-8H,6,9-11H2,1-2H3,(H,19,22)(H,17,18,20). The maximum absolute atomic E-state index is 12.6. The van der Waals surface area contributed by atoms with Gasteiger partial charge in [-0.3, -0.25) is 4.79 Å². The highest BCUT2D eigenvalue weighted by atomic mass is 16.5. The molecule has 2 heterocycles. The lowest BCUT2D eigenvalue weighted by Crippen LogP contribution is -2.47. The second kappa shape index (κ2) is 6.37. The van der Waals surface area contributed by atoms with Gasteiger partial charge in [-0.25, -0.2) is 4.68 Å². The van der Waals surface area contributed by atoms with Crippen LogP contribution in [0.15, 0.2) is 30.3 Å². The maximum atomic E-state index is 12.6. The third-order valence-electron chi connectivity index (χ3n) is 3.94. The summed E-state index contributed by atoms with van der Waals surface area (Å²) in [7, 11) is 1.62. The molecule has 1 unspecified atom stereocenters. The number of amides is 1. The third kappa shape index (κ3) is 3.19. The van der Waals surface area contributed by atoms with Crippen molar-refractivity contribution >= 4 is 11.9 Å². The predicted molar refractivity (Wildman–Crippen MR) is 86.3 cm³/mol. The molecule has 1 aliphatic rings. The van der Waals surface area contributed by atoms with E-state index in [1.165, 1.54) is 0 Å². The summed E-state index contributed by atoms with van der Waals surface area (Å²) < 4.78 is 7.04. The molecule has 1 amide bonds. The molecule has 2 N–H and O–H groups in total. The highest BCUT2D eigenvalue weighted by Crippen LogP contribution is 2.21. The molecule has 7 nitrogen and oxygen atoms in total. The second-order valence-electron chi connectivity index (χ2n) is 5.85. The SMILES string of the molecule is COCC(C)(NC(=O)c1nc2n(n1)CCCN2)c1ccccc1. The summed E-state index contributed by atoms with van der Waals surface area (Å²) in [4.78, 5) is 16.9. The van der Waals surface area contributed by atoms with E-state index in [1.807, 2.05) is 37.3 Å². The number of fused-ring (bicyclic) bond motifs is 1. The smallest absolute Gasteiger partial charge is 0.291 e. The molecule has 0 saturated carbocycles. The van der Waals surface area contributed by atoms with E-state index in [4.69, 9.17) is 4.74 Å². The van der Waals surface area contributed by atoms with Gasteiger partial charge in [0.25, 0.3) is 5.91 Å². The van der Waals surface area contributed by atoms with Gasteiger partial charge in [-0.05, 0) is 18.9 Å². The first-order chi connectivity index (χ1) is 11.1. The monoisotopic (exact) mass is 315 g/mol. The first-order valence-electron chi connectivity index (χ1n) is 7.68. The van der Waals surface area contributed by atoms with Crippen molar-refractivity contribution in [1.29, 1.82) is 0 Å². The van der Waals surface area contributed by atoms with Gasteiger partial charge in [-0.2, -0.15) is 4.98 Å². The van der Waals surface area contributed by atoms with Crippen molar-refractivity contribution in [2.24, 2.45) is 0 Å².